The van der Waals surface area contributed by atoms with Crippen LogP contribution in [0.3, 0.4) is 0 Å². The molecule has 0 aliphatic carbocycles. The zero-order valence-electron chi connectivity index (χ0n) is 6.94. The monoisotopic (exact) mass is 227 g/mol. The maximum Gasteiger partial charge on any atom is 0.144 e. The Balaban J connectivity index is 3.11. The third-order valence-corrected chi connectivity index (χ3v) is 1.99. The predicted molar refractivity (Wildman–Crippen MR) is 53.5 cm³/mol. The van der Waals surface area contributed by atoms with Gasteiger partial charge in [-0.25, -0.2) is 4.39 Å². The molecule has 0 radical (unpaired) electrons. The summed E-state index contributed by atoms with van der Waals surface area (Å²) in [6.07, 6.45) is 0.0739. The van der Waals surface area contributed by atoms with E-state index >= 15 is 0 Å². The van der Waals surface area contributed by atoms with E-state index in [1.165, 1.54) is 6.07 Å². The maximum absolute atomic E-state index is 13.0. The summed E-state index contributed by atoms with van der Waals surface area (Å²) in [7, 11) is 0. The van der Waals surface area contributed by atoms with Gasteiger partial charge in [0, 0.05) is 10.6 Å². The third-order valence-electron chi connectivity index (χ3n) is 1.38. The molecule has 70 valence electrons. The van der Waals surface area contributed by atoms with Crippen LogP contribution in [0.4, 0.5) is 4.39 Å². The predicted octanol–water partition coefficient (Wildman–Crippen LogP) is 3.40. The minimum absolute atomic E-state index is 0.0696. The first-order valence-electron chi connectivity index (χ1n) is 3.65. The van der Waals surface area contributed by atoms with Gasteiger partial charge in [-0.2, -0.15) is 5.26 Å². The van der Waals surface area contributed by atoms with Gasteiger partial charge < -0.3 is 0 Å². The van der Waals surface area contributed by atoms with Crippen molar-refractivity contribution in [2.45, 2.75) is 6.42 Å². The third kappa shape index (κ3) is 2.64. The van der Waals surface area contributed by atoms with Gasteiger partial charge in [0.1, 0.15) is 5.82 Å². The van der Waals surface area contributed by atoms with Gasteiger partial charge in [-0.15, -0.1) is 0 Å². The van der Waals surface area contributed by atoms with Gasteiger partial charge in [-0.3, -0.25) is 0 Å². The average Bonchev–Trinajstić information content (AvgIpc) is 2.13. The van der Waals surface area contributed by atoms with E-state index in [4.69, 9.17) is 28.5 Å². The van der Waals surface area contributed by atoms with Crippen molar-refractivity contribution in [2.24, 2.45) is 0 Å². The molecule has 1 aromatic rings. The van der Waals surface area contributed by atoms with E-state index in [9.17, 15) is 4.39 Å². The highest BCUT2D eigenvalue weighted by Gasteiger charge is 2.05. The fourth-order valence-corrected chi connectivity index (χ4v) is 1.19. The van der Waals surface area contributed by atoms with E-state index in [2.05, 4.69) is 11.8 Å². The summed E-state index contributed by atoms with van der Waals surface area (Å²) >= 11 is 11.2. The second-order valence-electron chi connectivity index (χ2n) is 2.39. The fraction of sp³-hybridized carbons (Fsp3) is 0.100. The molecular weight excluding hydrogens is 224 g/mol. The number of benzene rings is 1. The zero-order valence-corrected chi connectivity index (χ0v) is 8.45. The van der Waals surface area contributed by atoms with E-state index in [1.54, 1.807) is 0 Å². The Morgan fingerprint density at radius 2 is 2.07 bits per heavy atom. The first-order chi connectivity index (χ1) is 6.65. The lowest BCUT2D eigenvalue weighted by Gasteiger charge is -1.98. The van der Waals surface area contributed by atoms with Gasteiger partial charge in [0.25, 0.3) is 0 Å². The van der Waals surface area contributed by atoms with Gasteiger partial charge >= 0.3 is 0 Å². The Hall–Kier alpha value is -1.22. The van der Waals surface area contributed by atoms with Gasteiger partial charge in [0.05, 0.1) is 17.5 Å². The van der Waals surface area contributed by atoms with Crippen molar-refractivity contribution in [3.63, 3.8) is 0 Å². The van der Waals surface area contributed by atoms with Crippen molar-refractivity contribution >= 4 is 23.2 Å². The van der Waals surface area contributed by atoms with Crippen LogP contribution in [-0.4, -0.2) is 0 Å². The SMILES string of the molecule is N#CCC#Cc1cc(Cl)cc(F)c1Cl. The Labute approximate surface area is 91.1 Å². The first kappa shape index (κ1) is 10.9. The van der Waals surface area contributed by atoms with Crippen molar-refractivity contribution in [3.8, 4) is 17.9 Å². The number of hydrogen-bond acceptors (Lipinski definition) is 1. The highest BCUT2D eigenvalue weighted by molar-refractivity contribution is 6.34. The van der Waals surface area contributed by atoms with E-state index in [0.717, 1.165) is 6.07 Å². The van der Waals surface area contributed by atoms with Crippen molar-refractivity contribution < 1.29 is 4.39 Å². The lowest BCUT2D eigenvalue weighted by Crippen LogP contribution is -1.83. The quantitative estimate of drug-likeness (QED) is 0.493. The highest BCUT2D eigenvalue weighted by atomic mass is 35.5. The molecule has 1 aromatic carbocycles. The normalized spacial score (nSPS) is 8.71. The minimum atomic E-state index is -0.611. The number of hydrogen-bond donors (Lipinski definition) is 0. The Bertz CT molecular complexity index is 452. The van der Waals surface area contributed by atoms with Crippen LogP contribution in [0.15, 0.2) is 12.1 Å². The average molecular weight is 228 g/mol. The topological polar surface area (TPSA) is 23.8 Å². The molecule has 0 amide bonds. The number of nitriles is 1. The molecule has 0 N–H and O–H groups in total. The highest BCUT2D eigenvalue weighted by Crippen LogP contribution is 2.23. The minimum Gasteiger partial charge on any atom is -0.205 e. The van der Waals surface area contributed by atoms with Crippen LogP contribution in [0.25, 0.3) is 0 Å². The summed E-state index contributed by atoms with van der Waals surface area (Å²) < 4.78 is 13.0. The van der Waals surface area contributed by atoms with Crippen LogP contribution in [0.2, 0.25) is 10.0 Å². The molecule has 0 heterocycles. The van der Waals surface area contributed by atoms with Gasteiger partial charge in [-0.1, -0.05) is 35.0 Å². The van der Waals surface area contributed by atoms with Gasteiger partial charge in [0.15, 0.2) is 0 Å². The summed E-state index contributed by atoms with van der Waals surface area (Å²) in [5.74, 6) is 4.48. The summed E-state index contributed by atoms with van der Waals surface area (Å²) in [6.45, 7) is 0. The van der Waals surface area contributed by atoms with Crippen LogP contribution < -0.4 is 0 Å². The molecular formula is C10H4Cl2FN. The molecule has 1 nitrogen and oxygen atoms in total. The molecule has 0 atom stereocenters. The standard InChI is InChI=1S/C10H4Cl2FN/c11-8-5-7(3-1-2-4-14)10(12)9(13)6-8/h5-6H,2H2. The Morgan fingerprint density at radius 3 is 2.71 bits per heavy atom. The van der Waals surface area contributed by atoms with Crippen LogP contribution >= 0.6 is 23.2 Å². The van der Waals surface area contributed by atoms with Gasteiger partial charge in [-0.05, 0) is 12.1 Å². The maximum atomic E-state index is 13.0. The number of rotatable bonds is 0. The summed E-state index contributed by atoms with van der Waals surface area (Å²) in [5, 5.41) is 8.40. The second kappa shape index (κ2) is 4.86. The summed E-state index contributed by atoms with van der Waals surface area (Å²) in [4.78, 5) is 0. The lowest BCUT2D eigenvalue weighted by molar-refractivity contribution is 0.628. The van der Waals surface area contributed by atoms with E-state index in [1.807, 2.05) is 6.07 Å². The van der Waals surface area contributed by atoms with E-state index < -0.39 is 5.82 Å². The lowest BCUT2D eigenvalue weighted by atomic mass is 10.2. The van der Waals surface area contributed by atoms with Crippen molar-refractivity contribution in [1.29, 1.82) is 5.26 Å². The molecule has 0 aliphatic rings. The van der Waals surface area contributed by atoms with E-state index in [0.29, 0.717) is 5.56 Å². The molecule has 0 fully saturated rings. The van der Waals surface area contributed by atoms with Crippen LogP contribution in [0.5, 0.6) is 0 Å². The molecule has 0 aliphatic heterocycles. The van der Waals surface area contributed by atoms with E-state index in [-0.39, 0.29) is 16.5 Å². The first-order valence-corrected chi connectivity index (χ1v) is 4.41. The molecule has 0 aromatic heterocycles. The summed E-state index contributed by atoms with van der Waals surface area (Å²) in [6, 6.07) is 4.41. The van der Waals surface area contributed by atoms with Gasteiger partial charge in [0.2, 0.25) is 0 Å². The van der Waals surface area contributed by atoms with Crippen molar-refractivity contribution in [3.05, 3.63) is 33.6 Å². The molecule has 0 saturated carbocycles. The zero-order chi connectivity index (χ0) is 10.6. The van der Waals surface area contributed by atoms with Crippen molar-refractivity contribution in [2.75, 3.05) is 0 Å². The molecule has 4 heteroatoms. The Kier molecular flexibility index (Phi) is 3.77. The summed E-state index contributed by atoms with van der Waals surface area (Å²) in [5.41, 5.74) is 0.298. The van der Waals surface area contributed by atoms with Crippen LogP contribution in [-0.2, 0) is 0 Å². The molecule has 0 saturated heterocycles. The second-order valence-corrected chi connectivity index (χ2v) is 3.20. The number of halogens is 3. The van der Waals surface area contributed by atoms with Crippen LogP contribution in [0.1, 0.15) is 12.0 Å². The Morgan fingerprint density at radius 1 is 1.36 bits per heavy atom. The molecule has 1 rings (SSSR count). The molecule has 0 bridgehead atoms. The smallest absolute Gasteiger partial charge is 0.144 e. The largest absolute Gasteiger partial charge is 0.205 e. The fourth-order valence-electron chi connectivity index (χ4n) is 0.826. The molecule has 0 unspecified atom stereocenters. The molecule has 0 spiro atoms. The number of nitrogens with zero attached hydrogens (tertiary/aromatic N) is 1. The van der Waals surface area contributed by atoms with Crippen LogP contribution in [0, 0.1) is 29.0 Å². The molecule has 14 heavy (non-hydrogen) atoms. The van der Waals surface area contributed by atoms with Crippen molar-refractivity contribution in [1.82, 2.24) is 0 Å².